The highest BCUT2D eigenvalue weighted by molar-refractivity contribution is 6.35. The van der Waals surface area contributed by atoms with Gasteiger partial charge in [0.15, 0.2) is 0 Å². The molecule has 0 bridgehead atoms. The fourth-order valence-corrected chi connectivity index (χ4v) is 2.66. The smallest absolute Gasteiger partial charge is 0.123 e. The number of halogens is 3. The molecule has 5 heteroatoms. The van der Waals surface area contributed by atoms with Crippen LogP contribution in [-0.4, -0.2) is 0 Å². The third-order valence-electron chi connectivity index (χ3n) is 3.27. The van der Waals surface area contributed by atoms with Gasteiger partial charge in [-0.2, -0.15) is 0 Å². The first kappa shape index (κ1) is 15.3. The lowest BCUT2D eigenvalue weighted by Gasteiger charge is -2.19. The summed E-state index contributed by atoms with van der Waals surface area (Å²) in [6.45, 7) is 1.94. The highest BCUT2D eigenvalue weighted by atomic mass is 35.5. The molecule has 1 unspecified atom stereocenters. The molecule has 0 aliphatic rings. The maximum atomic E-state index is 13.3. The van der Waals surface area contributed by atoms with Crippen molar-refractivity contribution in [3.63, 3.8) is 0 Å². The first-order valence-corrected chi connectivity index (χ1v) is 6.93. The zero-order valence-electron chi connectivity index (χ0n) is 11.0. The van der Waals surface area contributed by atoms with Crippen LogP contribution in [-0.2, 0) is 6.42 Å². The van der Waals surface area contributed by atoms with Crippen LogP contribution in [0.3, 0.4) is 0 Å². The molecule has 2 nitrogen and oxygen atoms in total. The second-order valence-corrected chi connectivity index (χ2v) is 5.50. The summed E-state index contributed by atoms with van der Waals surface area (Å²) < 4.78 is 13.3. The Kier molecular flexibility index (Phi) is 5.00. The van der Waals surface area contributed by atoms with Crippen LogP contribution < -0.4 is 11.3 Å². The van der Waals surface area contributed by atoms with Crippen LogP contribution >= 0.6 is 23.2 Å². The van der Waals surface area contributed by atoms with Crippen molar-refractivity contribution in [2.45, 2.75) is 19.4 Å². The zero-order valence-corrected chi connectivity index (χ0v) is 12.5. The van der Waals surface area contributed by atoms with Gasteiger partial charge < -0.3 is 0 Å². The molecular weight excluding hydrogens is 298 g/mol. The quantitative estimate of drug-likeness (QED) is 0.656. The van der Waals surface area contributed by atoms with E-state index < -0.39 is 0 Å². The van der Waals surface area contributed by atoms with Gasteiger partial charge >= 0.3 is 0 Å². The Morgan fingerprint density at radius 1 is 1.20 bits per heavy atom. The van der Waals surface area contributed by atoms with Gasteiger partial charge in [0.2, 0.25) is 0 Å². The van der Waals surface area contributed by atoms with E-state index in [4.69, 9.17) is 29.0 Å². The normalized spacial score (nSPS) is 12.4. The monoisotopic (exact) mass is 312 g/mol. The maximum absolute atomic E-state index is 13.3. The molecule has 2 aromatic carbocycles. The van der Waals surface area contributed by atoms with Crippen LogP contribution in [0.15, 0.2) is 36.4 Å². The molecular formula is C15H15Cl2FN2. The predicted octanol–water partition coefficient (Wildman–Crippen LogP) is 4.19. The third kappa shape index (κ3) is 3.49. The molecule has 0 saturated heterocycles. The van der Waals surface area contributed by atoms with E-state index in [1.54, 1.807) is 18.2 Å². The van der Waals surface area contributed by atoms with Gasteiger partial charge in [-0.15, -0.1) is 0 Å². The number of benzene rings is 2. The van der Waals surface area contributed by atoms with E-state index in [2.05, 4.69) is 5.43 Å². The Hall–Kier alpha value is -1.13. The van der Waals surface area contributed by atoms with E-state index >= 15 is 0 Å². The molecule has 0 aliphatic heterocycles. The van der Waals surface area contributed by atoms with Crippen molar-refractivity contribution in [3.05, 3.63) is 69.0 Å². The zero-order chi connectivity index (χ0) is 14.7. The number of aryl methyl sites for hydroxylation is 1. The van der Waals surface area contributed by atoms with E-state index in [-0.39, 0.29) is 11.9 Å². The summed E-state index contributed by atoms with van der Waals surface area (Å²) in [5.41, 5.74) is 5.46. The minimum absolute atomic E-state index is 0.208. The molecule has 0 amide bonds. The van der Waals surface area contributed by atoms with Crippen LogP contribution in [0.5, 0.6) is 0 Å². The van der Waals surface area contributed by atoms with Crippen LogP contribution in [0.25, 0.3) is 0 Å². The van der Waals surface area contributed by atoms with Gasteiger partial charge in [-0.25, -0.2) is 4.39 Å². The summed E-state index contributed by atoms with van der Waals surface area (Å²) >= 11 is 12.1. The number of hydrogen-bond acceptors (Lipinski definition) is 2. The fraction of sp³-hybridized carbons (Fsp3) is 0.200. The van der Waals surface area contributed by atoms with E-state index in [9.17, 15) is 4.39 Å². The number of hydrogen-bond donors (Lipinski definition) is 2. The summed E-state index contributed by atoms with van der Waals surface area (Å²) in [5.74, 6) is 5.35. The van der Waals surface area contributed by atoms with E-state index in [0.717, 1.165) is 16.7 Å². The van der Waals surface area contributed by atoms with Crippen molar-refractivity contribution in [2.24, 2.45) is 5.84 Å². The predicted molar refractivity (Wildman–Crippen MR) is 81.4 cm³/mol. The maximum Gasteiger partial charge on any atom is 0.123 e. The van der Waals surface area contributed by atoms with E-state index in [1.165, 1.54) is 12.1 Å². The second kappa shape index (κ2) is 6.55. The topological polar surface area (TPSA) is 38.0 Å². The third-order valence-corrected chi connectivity index (χ3v) is 3.84. The highest BCUT2D eigenvalue weighted by Gasteiger charge is 2.15. The average molecular weight is 313 g/mol. The number of rotatable bonds is 4. The Morgan fingerprint density at radius 3 is 2.60 bits per heavy atom. The summed E-state index contributed by atoms with van der Waals surface area (Å²) in [7, 11) is 0. The molecule has 0 aromatic heterocycles. The number of nitrogens with two attached hydrogens (primary N) is 1. The molecule has 0 saturated carbocycles. The number of nitrogens with one attached hydrogen (secondary N) is 1. The molecule has 106 valence electrons. The minimum atomic E-state index is -0.261. The van der Waals surface area contributed by atoms with Crippen LogP contribution in [0.4, 0.5) is 4.39 Å². The fourth-order valence-electron chi connectivity index (χ4n) is 2.12. The number of hydrazine groups is 1. The van der Waals surface area contributed by atoms with Gasteiger partial charge in [0.05, 0.1) is 6.04 Å². The van der Waals surface area contributed by atoms with Crippen molar-refractivity contribution < 1.29 is 4.39 Å². The van der Waals surface area contributed by atoms with Crippen molar-refractivity contribution in [1.82, 2.24) is 5.43 Å². The summed E-state index contributed by atoms with van der Waals surface area (Å²) in [4.78, 5) is 0. The van der Waals surface area contributed by atoms with Crippen molar-refractivity contribution in [2.75, 3.05) is 0 Å². The largest absolute Gasteiger partial charge is 0.271 e. The lowest BCUT2D eigenvalue weighted by Crippen LogP contribution is -2.30. The molecule has 0 fully saturated rings. The van der Waals surface area contributed by atoms with Gasteiger partial charge in [0.1, 0.15) is 5.82 Å². The molecule has 1 atom stereocenters. The van der Waals surface area contributed by atoms with Gasteiger partial charge in [-0.05, 0) is 54.3 Å². The molecule has 2 aromatic rings. The molecule has 0 aliphatic carbocycles. The molecule has 3 N–H and O–H groups in total. The molecule has 2 rings (SSSR count). The first-order valence-electron chi connectivity index (χ1n) is 6.17. The minimum Gasteiger partial charge on any atom is -0.271 e. The van der Waals surface area contributed by atoms with Gasteiger partial charge in [0, 0.05) is 10.0 Å². The molecule has 0 radical (unpaired) electrons. The second-order valence-electron chi connectivity index (χ2n) is 4.66. The highest BCUT2D eigenvalue weighted by Crippen LogP contribution is 2.28. The van der Waals surface area contributed by atoms with Gasteiger partial charge in [-0.3, -0.25) is 11.3 Å². The van der Waals surface area contributed by atoms with Crippen molar-refractivity contribution in [1.29, 1.82) is 0 Å². The Balaban J connectivity index is 2.31. The Morgan fingerprint density at radius 2 is 1.95 bits per heavy atom. The van der Waals surface area contributed by atoms with Crippen molar-refractivity contribution >= 4 is 23.2 Å². The Bertz CT molecular complexity index is 617. The molecule has 20 heavy (non-hydrogen) atoms. The first-order chi connectivity index (χ1) is 9.51. The summed E-state index contributed by atoms with van der Waals surface area (Å²) in [6, 6.07) is 9.75. The average Bonchev–Trinajstić information content (AvgIpc) is 2.40. The summed E-state index contributed by atoms with van der Waals surface area (Å²) in [5, 5.41) is 1.10. The summed E-state index contributed by atoms with van der Waals surface area (Å²) in [6.07, 6.45) is 0.543. The van der Waals surface area contributed by atoms with Gasteiger partial charge in [-0.1, -0.05) is 35.3 Å². The standard InChI is InChI=1S/C15H15Cl2FN2/c1-9-2-4-12(18)6-10(9)7-15(20-19)13-5-3-11(16)8-14(13)17/h2-6,8,15,20H,7,19H2,1H3. The molecule has 0 spiro atoms. The van der Waals surface area contributed by atoms with E-state index in [1.807, 2.05) is 13.0 Å². The Labute approximate surface area is 127 Å². The van der Waals surface area contributed by atoms with Crippen LogP contribution in [0, 0.1) is 12.7 Å². The van der Waals surface area contributed by atoms with Crippen LogP contribution in [0.1, 0.15) is 22.7 Å². The lowest BCUT2D eigenvalue weighted by molar-refractivity contribution is 0.547. The van der Waals surface area contributed by atoms with Crippen molar-refractivity contribution in [3.8, 4) is 0 Å². The molecule has 0 heterocycles. The van der Waals surface area contributed by atoms with Crippen LogP contribution in [0.2, 0.25) is 10.0 Å². The SMILES string of the molecule is Cc1ccc(F)cc1CC(NN)c1ccc(Cl)cc1Cl. The lowest BCUT2D eigenvalue weighted by atomic mass is 9.96. The van der Waals surface area contributed by atoms with Gasteiger partial charge in [0.25, 0.3) is 0 Å². The van der Waals surface area contributed by atoms with E-state index in [0.29, 0.717) is 16.5 Å².